The van der Waals surface area contributed by atoms with Gasteiger partial charge in [-0.15, -0.1) is 0 Å². The number of carbonyl (C=O) groups excluding carboxylic acids is 3. The average Bonchev–Trinajstić information content (AvgIpc) is 2.60. The molecule has 1 atom stereocenters. The van der Waals surface area contributed by atoms with E-state index in [0.29, 0.717) is 39.9 Å². The second kappa shape index (κ2) is 7.33. The van der Waals surface area contributed by atoms with Crippen molar-refractivity contribution in [2.75, 3.05) is 12.9 Å². The molecule has 0 aliphatic carbocycles. The van der Waals surface area contributed by atoms with Gasteiger partial charge in [0.25, 0.3) is 0 Å². The van der Waals surface area contributed by atoms with Gasteiger partial charge in [-0.3, -0.25) is 14.5 Å². The van der Waals surface area contributed by atoms with E-state index in [9.17, 15) is 14.4 Å². The molecule has 136 valence electrons. The minimum Gasteiger partial charge on any atom is -0.466 e. The van der Waals surface area contributed by atoms with Crippen LogP contribution in [0.1, 0.15) is 31.9 Å². The Morgan fingerprint density at radius 2 is 2.12 bits per heavy atom. The molecule has 3 rings (SSSR count). The summed E-state index contributed by atoms with van der Waals surface area (Å²) in [6.45, 7) is 3.03. The maximum absolute atomic E-state index is 12.6. The number of carbonyl (C=O) groups is 3. The number of methoxy groups -OCH3 is 1. The molecule has 0 aromatic heterocycles. The third kappa shape index (κ3) is 3.37. The van der Waals surface area contributed by atoms with Gasteiger partial charge in [0.15, 0.2) is 5.17 Å². The first-order valence-electron chi connectivity index (χ1n) is 8.03. The SMILES string of the molecule is COC(=O)C1=C(C)N=C2SCCC(=O)N2[C@H]1c1cccc(OC(C)=O)c1. The fraction of sp³-hybridized carbons (Fsp3) is 0.333. The molecule has 26 heavy (non-hydrogen) atoms. The summed E-state index contributed by atoms with van der Waals surface area (Å²) < 4.78 is 10.1. The lowest BCUT2D eigenvalue weighted by Gasteiger charge is -2.38. The smallest absolute Gasteiger partial charge is 0.338 e. The monoisotopic (exact) mass is 374 g/mol. The van der Waals surface area contributed by atoms with Gasteiger partial charge in [0.2, 0.25) is 5.91 Å². The number of allylic oxidation sites excluding steroid dienone is 1. The van der Waals surface area contributed by atoms with Crippen molar-refractivity contribution >= 4 is 34.8 Å². The number of hydrogen-bond acceptors (Lipinski definition) is 7. The van der Waals surface area contributed by atoms with Crippen LogP contribution in [-0.4, -0.2) is 40.8 Å². The molecule has 0 unspecified atom stereocenters. The Hall–Kier alpha value is -2.61. The number of hydrogen-bond donors (Lipinski definition) is 0. The molecule has 0 saturated carbocycles. The van der Waals surface area contributed by atoms with Crippen molar-refractivity contribution in [3.63, 3.8) is 0 Å². The first-order valence-corrected chi connectivity index (χ1v) is 9.02. The molecule has 0 radical (unpaired) electrons. The predicted molar refractivity (Wildman–Crippen MR) is 96.6 cm³/mol. The van der Waals surface area contributed by atoms with Crippen LogP contribution in [0.4, 0.5) is 0 Å². The van der Waals surface area contributed by atoms with E-state index in [4.69, 9.17) is 9.47 Å². The summed E-state index contributed by atoms with van der Waals surface area (Å²) in [7, 11) is 1.29. The number of rotatable bonds is 3. The molecule has 2 aliphatic heterocycles. The zero-order valence-corrected chi connectivity index (χ0v) is 15.5. The zero-order valence-electron chi connectivity index (χ0n) is 14.6. The Labute approximate surface area is 155 Å². The minimum absolute atomic E-state index is 0.112. The standard InChI is InChI=1S/C18H18N2O5S/c1-10-15(17(23)24-3)16(20-14(22)7-8-26-18(20)19-10)12-5-4-6-13(9-12)25-11(2)21/h4-6,9,16H,7-8H2,1-3H3/t16-/m0/s1. The Morgan fingerprint density at radius 1 is 1.35 bits per heavy atom. The van der Waals surface area contributed by atoms with Gasteiger partial charge in [-0.05, 0) is 24.6 Å². The summed E-state index contributed by atoms with van der Waals surface area (Å²) in [4.78, 5) is 42.3. The van der Waals surface area contributed by atoms with Gasteiger partial charge in [0.1, 0.15) is 5.75 Å². The zero-order chi connectivity index (χ0) is 18.8. The highest BCUT2D eigenvalue weighted by Gasteiger charge is 2.41. The van der Waals surface area contributed by atoms with Crippen LogP contribution in [0, 0.1) is 0 Å². The molecule has 2 heterocycles. The average molecular weight is 374 g/mol. The van der Waals surface area contributed by atoms with Crippen LogP contribution in [0.5, 0.6) is 5.75 Å². The summed E-state index contributed by atoms with van der Waals surface area (Å²) in [5, 5.41) is 0.564. The number of nitrogens with zero attached hydrogens (tertiary/aromatic N) is 2. The number of thioether (sulfide) groups is 1. The topological polar surface area (TPSA) is 85.3 Å². The van der Waals surface area contributed by atoms with Crippen molar-refractivity contribution in [1.82, 2.24) is 4.90 Å². The fourth-order valence-corrected chi connectivity index (χ4v) is 4.00. The number of ether oxygens (including phenoxy) is 2. The van der Waals surface area contributed by atoms with E-state index in [1.165, 1.54) is 30.7 Å². The van der Waals surface area contributed by atoms with Gasteiger partial charge in [-0.25, -0.2) is 9.79 Å². The van der Waals surface area contributed by atoms with Gasteiger partial charge >= 0.3 is 11.9 Å². The summed E-state index contributed by atoms with van der Waals surface area (Å²) in [6.07, 6.45) is 0.358. The van der Waals surface area contributed by atoms with E-state index < -0.39 is 18.0 Å². The maximum Gasteiger partial charge on any atom is 0.338 e. The number of aliphatic imine (C=N–C) groups is 1. The van der Waals surface area contributed by atoms with Gasteiger partial charge in [-0.1, -0.05) is 23.9 Å². The lowest BCUT2D eigenvalue weighted by Crippen LogP contribution is -2.45. The van der Waals surface area contributed by atoms with E-state index in [1.807, 2.05) is 0 Å². The molecule has 1 saturated heterocycles. The third-order valence-electron chi connectivity index (χ3n) is 4.05. The fourth-order valence-electron chi connectivity index (χ4n) is 3.00. The molecular weight excluding hydrogens is 356 g/mol. The Kier molecular flexibility index (Phi) is 5.13. The van der Waals surface area contributed by atoms with Crippen LogP contribution >= 0.6 is 11.8 Å². The molecule has 1 amide bonds. The highest BCUT2D eigenvalue weighted by Crippen LogP contribution is 2.40. The van der Waals surface area contributed by atoms with Gasteiger partial charge in [0, 0.05) is 19.1 Å². The summed E-state index contributed by atoms with van der Waals surface area (Å²) in [6, 6.07) is 6.11. The van der Waals surface area contributed by atoms with Crippen LogP contribution < -0.4 is 4.74 Å². The highest BCUT2D eigenvalue weighted by molar-refractivity contribution is 8.14. The Bertz CT molecular complexity index is 846. The second-order valence-corrected chi connectivity index (χ2v) is 6.88. The molecule has 0 spiro atoms. The highest BCUT2D eigenvalue weighted by atomic mass is 32.2. The quantitative estimate of drug-likeness (QED) is 0.597. The second-order valence-electron chi connectivity index (χ2n) is 5.82. The molecule has 8 heteroatoms. The van der Waals surface area contributed by atoms with E-state index >= 15 is 0 Å². The third-order valence-corrected chi connectivity index (χ3v) is 5.00. The van der Waals surface area contributed by atoms with Crippen LogP contribution in [-0.2, 0) is 19.1 Å². The van der Waals surface area contributed by atoms with Crippen molar-refractivity contribution in [3.05, 3.63) is 41.1 Å². The van der Waals surface area contributed by atoms with Gasteiger partial charge in [0.05, 0.1) is 24.4 Å². The van der Waals surface area contributed by atoms with E-state index in [2.05, 4.69) is 4.99 Å². The number of amidine groups is 1. The van der Waals surface area contributed by atoms with Crippen molar-refractivity contribution in [1.29, 1.82) is 0 Å². The van der Waals surface area contributed by atoms with Crippen molar-refractivity contribution in [3.8, 4) is 5.75 Å². The Morgan fingerprint density at radius 3 is 2.81 bits per heavy atom. The normalized spacial score (nSPS) is 19.7. The number of esters is 2. The number of benzene rings is 1. The molecule has 0 bridgehead atoms. The lowest BCUT2D eigenvalue weighted by molar-refractivity contribution is -0.137. The van der Waals surface area contributed by atoms with Crippen LogP contribution in [0.3, 0.4) is 0 Å². The largest absolute Gasteiger partial charge is 0.466 e. The maximum atomic E-state index is 12.6. The van der Waals surface area contributed by atoms with E-state index in [1.54, 1.807) is 31.2 Å². The molecule has 1 aromatic rings. The first kappa shape index (κ1) is 18.2. The molecule has 1 fully saturated rings. The molecular formula is C18H18N2O5S. The van der Waals surface area contributed by atoms with E-state index in [-0.39, 0.29) is 5.91 Å². The van der Waals surface area contributed by atoms with Crippen LogP contribution in [0.15, 0.2) is 40.5 Å². The molecule has 1 aromatic carbocycles. The summed E-state index contributed by atoms with van der Waals surface area (Å²) in [5.41, 5.74) is 1.45. The Balaban J connectivity index is 2.14. The molecule has 2 aliphatic rings. The molecule has 0 N–H and O–H groups in total. The van der Waals surface area contributed by atoms with E-state index in [0.717, 1.165) is 0 Å². The van der Waals surface area contributed by atoms with Crippen LogP contribution in [0.25, 0.3) is 0 Å². The minimum atomic E-state index is -0.675. The van der Waals surface area contributed by atoms with Crippen LogP contribution in [0.2, 0.25) is 0 Å². The van der Waals surface area contributed by atoms with Gasteiger partial charge < -0.3 is 9.47 Å². The predicted octanol–water partition coefficient (Wildman–Crippen LogP) is 2.44. The first-order chi connectivity index (χ1) is 12.4. The summed E-state index contributed by atoms with van der Waals surface area (Å²) in [5.74, 6) is -0.110. The summed E-state index contributed by atoms with van der Waals surface area (Å²) >= 11 is 1.47. The van der Waals surface area contributed by atoms with Crippen molar-refractivity contribution in [2.45, 2.75) is 26.3 Å². The van der Waals surface area contributed by atoms with Crippen molar-refractivity contribution < 1.29 is 23.9 Å². The lowest BCUT2D eigenvalue weighted by atomic mass is 9.94. The van der Waals surface area contributed by atoms with Crippen molar-refractivity contribution in [2.24, 2.45) is 4.99 Å². The molecule has 7 nitrogen and oxygen atoms in total. The van der Waals surface area contributed by atoms with Gasteiger partial charge in [-0.2, -0.15) is 0 Å². The number of fused-ring (bicyclic) bond motifs is 1. The number of amides is 1.